The lowest BCUT2D eigenvalue weighted by atomic mass is 9.89. The number of hydrogen-bond donors (Lipinski definition) is 5. The standard InChI is InChI=1S/C22H32N4OS/c1-2-5-20-19(14-18(28-20)9-10-23)26-21(24)8-3-7-17-13-16-12-15(6-4-11-27)22(16)25-17/h2,5-6,13-14,21,25-27H,3-4,7-12,23-24H2,1H3/b5-2+,15-6-. The van der Waals surface area contributed by atoms with Crippen LogP contribution in [0.4, 0.5) is 5.69 Å². The van der Waals surface area contributed by atoms with Crippen LogP contribution in [0, 0.1) is 0 Å². The van der Waals surface area contributed by atoms with Crippen molar-refractivity contribution in [2.45, 2.75) is 51.6 Å². The molecule has 0 radical (unpaired) electrons. The number of fused-ring (bicyclic) bond motifs is 1. The zero-order chi connectivity index (χ0) is 19.9. The van der Waals surface area contributed by atoms with Gasteiger partial charge in [0.15, 0.2) is 0 Å². The molecule has 2 aromatic heterocycles. The lowest BCUT2D eigenvalue weighted by Gasteiger charge is -2.17. The summed E-state index contributed by atoms with van der Waals surface area (Å²) in [6.07, 6.45) is 11.8. The lowest BCUT2D eigenvalue weighted by molar-refractivity contribution is 0.302. The molecule has 0 aromatic carbocycles. The number of H-pyrrole nitrogens is 1. The predicted octanol–water partition coefficient (Wildman–Crippen LogP) is 3.65. The molecule has 3 rings (SSSR count). The number of aromatic amines is 1. The van der Waals surface area contributed by atoms with E-state index in [2.05, 4.69) is 40.7 Å². The summed E-state index contributed by atoms with van der Waals surface area (Å²) in [7, 11) is 0. The fourth-order valence-corrected chi connectivity index (χ4v) is 4.73. The summed E-state index contributed by atoms with van der Waals surface area (Å²) in [5, 5.41) is 12.4. The third-order valence-corrected chi connectivity index (χ3v) is 6.16. The van der Waals surface area contributed by atoms with Gasteiger partial charge in [0.25, 0.3) is 0 Å². The SMILES string of the molecule is C/C=C/c1sc(CCN)cc1NC(N)CCCc1cc2c([nH]1)/C(=C\CCO)C2. The quantitative estimate of drug-likeness (QED) is 0.372. The number of allylic oxidation sites excluding steroid dienone is 2. The van der Waals surface area contributed by atoms with Gasteiger partial charge in [-0.1, -0.05) is 12.2 Å². The maximum atomic E-state index is 8.96. The summed E-state index contributed by atoms with van der Waals surface area (Å²) < 4.78 is 0. The van der Waals surface area contributed by atoms with Crippen LogP contribution in [0.3, 0.4) is 0 Å². The highest BCUT2D eigenvalue weighted by Crippen LogP contribution is 2.35. The average molecular weight is 401 g/mol. The fourth-order valence-electron chi connectivity index (χ4n) is 3.62. The van der Waals surface area contributed by atoms with E-state index in [4.69, 9.17) is 16.6 Å². The van der Waals surface area contributed by atoms with Gasteiger partial charge in [-0.3, -0.25) is 0 Å². The van der Waals surface area contributed by atoms with E-state index in [-0.39, 0.29) is 12.8 Å². The van der Waals surface area contributed by atoms with Crippen LogP contribution in [0.15, 0.2) is 24.3 Å². The van der Waals surface area contributed by atoms with Crippen molar-refractivity contribution in [2.75, 3.05) is 18.5 Å². The van der Waals surface area contributed by atoms with Crippen molar-refractivity contribution in [1.82, 2.24) is 4.98 Å². The minimum atomic E-state index is -0.0663. The van der Waals surface area contributed by atoms with E-state index in [1.54, 1.807) is 11.3 Å². The summed E-state index contributed by atoms with van der Waals surface area (Å²) in [5.41, 5.74) is 18.4. The molecule has 1 aliphatic carbocycles. The minimum Gasteiger partial charge on any atom is -0.396 e. The number of thiophene rings is 1. The number of aliphatic hydroxyl groups is 1. The molecule has 0 saturated carbocycles. The first-order valence-corrected chi connectivity index (χ1v) is 10.9. The summed E-state index contributed by atoms with van der Waals surface area (Å²) >= 11 is 1.78. The van der Waals surface area contributed by atoms with Crippen LogP contribution in [0.1, 0.15) is 52.9 Å². The highest BCUT2D eigenvalue weighted by molar-refractivity contribution is 7.13. The molecule has 152 valence electrons. The van der Waals surface area contributed by atoms with Gasteiger partial charge in [-0.2, -0.15) is 0 Å². The summed E-state index contributed by atoms with van der Waals surface area (Å²) in [4.78, 5) is 6.03. The molecule has 0 spiro atoms. The second kappa shape index (κ2) is 10.1. The molecule has 1 aliphatic rings. The van der Waals surface area contributed by atoms with E-state index in [9.17, 15) is 0 Å². The van der Waals surface area contributed by atoms with Gasteiger partial charge in [0.05, 0.1) is 16.7 Å². The van der Waals surface area contributed by atoms with Crippen molar-refractivity contribution >= 4 is 28.7 Å². The van der Waals surface area contributed by atoms with E-state index < -0.39 is 0 Å². The lowest BCUT2D eigenvalue weighted by Crippen LogP contribution is -2.29. The Morgan fingerprint density at radius 1 is 1.36 bits per heavy atom. The second-order valence-corrected chi connectivity index (χ2v) is 8.45. The number of aromatic nitrogens is 1. The molecule has 0 saturated heterocycles. The Balaban J connectivity index is 1.49. The number of nitrogens with one attached hydrogen (secondary N) is 2. The number of aryl methyl sites for hydroxylation is 1. The van der Waals surface area contributed by atoms with E-state index >= 15 is 0 Å². The van der Waals surface area contributed by atoms with E-state index in [1.807, 2.05) is 6.92 Å². The molecule has 1 atom stereocenters. The molecule has 5 nitrogen and oxygen atoms in total. The molecule has 0 aliphatic heterocycles. The van der Waals surface area contributed by atoms with Crippen molar-refractivity contribution in [3.8, 4) is 0 Å². The number of anilines is 1. The molecular formula is C22H32N4OS. The molecule has 2 aromatic rings. The first kappa shape index (κ1) is 20.9. The van der Waals surface area contributed by atoms with Crippen LogP contribution < -0.4 is 16.8 Å². The van der Waals surface area contributed by atoms with Crippen LogP contribution in [-0.2, 0) is 19.3 Å². The summed E-state index contributed by atoms with van der Waals surface area (Å²) in [6, 6.07) is 4.45. The van der Waals surface area contributed by atoms with Gasteiger partial charge >= 0.3 is 0 Å². The maximum absolute atomic E-state index is 8.96. The third kappa shape index (κ3) is 5.14. The van der Waals surface area contributed by atoms with Crippen molar-refractivity contribution in [1.29, 1.82) is 0 Å². The van der Waals surface area contributed by atoms with Crippen molar-refractivity contribution in [2.24, 2.45) is 11.5 Å². The van der Waals surface area contributed by atoms with E-state index in [1.165, 1.54) is 32.3 Å². The monoisotopic (exact) mass is 400 g/mol. The van der Waals surface area contributed by atoms with Gasteiger partial charge in [0.2, 0.25) is 0 Å². The van der Waals surface area contributed by atoms with Crippen molar-refractivity contribution in [3.05, 3.63) is 51.0 Å². The molecule has 1 unspecified atom stereocenters. The van der Waals surface area contributed by atoms with Gasteiger partial charge in [0.1, 0.15) is 0 Å². The van der Waals surface area contributed by atoms with E-state index in [0.29, 0.717) is 6.54 Å². The zero-order valence-corrected chi connectivity index (χ0v) is 17.4. The number of nitrogens with two attached hydrogens (primary N) is 2. The zero-order valence-electron chi connectivity index (χ0n) is 16.6. The predicted molar refractivity (Wildman–Crippen MR) is 120 cm³/mol. The third-order valence-electron chi connectivity index (χ3n) is 5.00. The Bertz CT molecular complexity index is 834. The molecule has 2 heterocycles. The summed E-state index contributed by atoms with van der Waals surface area (Å²) in [5.74, 6) is 0. The van der Waals surface area contributed by atoms with Gasteiger partial charge in [0, 0.05) is 29.3 Å². The van der Waals surface area contributed by atoms with Crippen LogP contribution >= 0.6 is 11.3 Å². The molecule has 6 heteroatoms. The smallest absolute Gasteiger partial charge is 0.0743 e. The fraction of sp³-hybridized carbons (Fsp3) is 0.455. The molecular weight excluding hydrogens is 368 g/mol. The molecule has 7 N–H and O–H groups in total. The average Bonchev–Trinajstić information content (AvgIpc) is 3.17. The number of aliphatic hydroxyl groups excluding tert-OH is 1. The minimum absolute atomic E-state index is 0.0663. The van der Waals surface area contributed by atoms with Crippen LogP contribution in [-0.4, -0.2) is 29.4 Å². The van der Waals surface area contributed by atoms with Crippen molar-refractivity contribution in [3.63, 3.8) is 0 Å². The first-order valence-electron chi connectivity index (χ1n) is 10.1. The van der Waals surface area contributed by atoms with Crippen molar-refractivity contribution < 1.29 is 5.11 Å². The molecule has 0 amide bonds. The van der Waals surface area contributed by atoms with Crippen LogP contribution in [0.25, 0.3) is 11.6 Å². The largest absolute Gasteiger partial charge is 0.396 e. The number of hydrogen-bond acceptors (Lipinski definition) is 5. The van der Waals surface area contributed by atoms with Gasteiger partial charge in [-0.15, -0.1) is 11.3 Å². The Hall–Kier alpha value is -1.86. The molecule has 0 fully saturated rings. The molecule has 0 bridgehead atoms. The second-order valence-electron chi connectivity index (χ2n) is 7.29. The highest BCUT2D eigenvalue weighted by Gasteiger charge is 2.22. The van der Waals surface area contributed by atoms with E-state index in [0.717, 1.165) is 44.2 Å². The van der Waals surface area contributed by atoms with Gasteiger partial charge in [-0.05, 0) is 74.9 Å². The Labute approximate surface area is 171 Å². The number of rotatable bonds is 11. The van der Waals surface area contributed by atoms with Crippen LogP contribution in [0.2, 0.25) is 0 Å². The highest BCUT2D eigenvalue weighted by atomic mass is 32.1. The summed E-state index contributed by atoms with van der Waals surface area (Å²) in [6.45, 7) is 2.91. The van der Waals surface area contributed by atoms with Gasteiger partial charge in [-0.25, -0.2) is 0 Å². The van der Waals surface area contributed by atoms with Gasteiger partial charge < -0.3 is 26.9 Å². The normalized spacial score (nSPS) is 15.8. The topological polar surface area (TPSA) is 100 Å². The molecule has 28 heavy (non-hydrogen) atoms. The Morgan fingerprint density at radius 3 is 2.96 bits per heavy atom. The maximum Gasteiger partial charge on any atom is 0.0743 e. The Kier molecular flexibility index (Phi) is 7.50. The van der Waals surface area contributed by atoms with Crippen LogP contribution in [0.5, 0.6) is 0 Å². The first-order chi connectivity index (χ1) is 13.6. The Morgan fingerprint density at radius 2 is 2.21 bits per heavy atom.